The van der Waals surface area contributed by atoms with E-state index in [0.29, 0.717) is 41.7 Å². The van der Waals surface area contributed by atoms with Crippen LogP contribution in [-0.4, -0.2) is 45.4 Å². The number of carbonyl (C=O) groups excluding carboxylic acids is 2. The van der Waals surface area contributed by atoms with Crippen molar-refractivity contribution in [1.82, 2.24) is 20.0 Å². The minimum Gasteiger partial charge on any atom is -0.444 e. The maximum atomic E-state index is 14.4. The predicted octanol–water partition coefficient (Wildman–Crippen LogP) is 4.46. The summed E-state index contributed by atoms with van der Waals surface area (Å²) in [6.45, 7) is 7.23. The topological polar surface area (TPSA) is 76.5 Å². The fourth-order valence-electron chi connectivity index (χ4n) is 4.27. The molecule has 0 bridgehead atoms. The van der Waals surface area contributed by atoms with Crippen molar-refractivity contribution in [3.05, 3.63) is 51.5 Å². The third kappa shape index (κ3) is 4.82. The van der Waals surface area contributed by atoms with Crippen LogP contribution >= 0.6 is 15.9 Å². The van der Waals surface area contributed by atoms with Crippen LogP contribution in [0.1, 0.15) is 61.3 Å². The van der Waals surface area contributed by atoms with E-state index >= 15 is 0 Å². The van der Waals surface area contributed by atoms with Gasteiger partial charge >= 0.3 is 6.09 Å². The van der Waals surface area contributed by atoms with Crippen molar-refractivity contribution >= 4 is 27.9 Å². The van der Waals surface area contributed by atoms with Gasteiger partial charge in [0.1, 0.15) is 11.4 Å². The van der Waals surface area contributed by atoms with Crippen molar-refractivity contribution < 1.29 is 18.7 Å². The number of hydrogen-bond donors (Lipinski definition) is 1. The molecule has 9 heteroatoms. The zero-order chi connectivity index (χ0) is 23.0. The third-order valence-electron chi connectivity index (χ3n) is 5.95. The molecule has 3 heterocycles. The number of aromatic nitrogens is 2. The molecule has 7 nitrogen and oxygen atoms in total. The largest absolute Gasteiger partial charge is 0.444 e. The Kier molecular flexibility index (Phi) is 6.29. The van der Waals surface area contributed by atoms with Crippen LogP contribution in [0.3, 0.4) is 0 Å². The number of amides is 2. The van der Waals surface area contributed by atoms with Crippen LogP contribution in [0.25, 0.3) is 0 Å². The van der Waals surface area contributed by atoms with Gasteiger partial charge < -0.3 is 15.0 Å². The number of rotatable bonds is 4. The first kappa shape index (κ1) is 22.8. The highest BCUT2D eigenvalue weighted by molar-refractivity contribution is 9.10. The molecule has 0 spiro atoms. The lowest BCUT2D eigenvalue weighted by Gasteiger charge is -2.41. The fraction of sp³-hybridized carbons (Fsp3) is 0.522. The van der Waals surface area contributed by atoms with Crippen LogP contribution in [0.15, 0.2) is 28.9 Å². The van der Waals surface area contributed by atoms with Gasteiger partial charge in [-0.15, -0.1) is 0 Å². The first-order valence-electron chi connectivity index (χ1n) is 10.9. The number of hydrogen-bond acceptors (Lipinski definition) is 4. The van der Waals surface area contributed by atoms with Crippen LogP contribution in [0.4, 0.5) is 9.18 Å². The number of nitrogens with one attached hydrogen (secondary N) is 1. The summed E-state index contributed by atoms with van der Waals surface area (Å²) in [7, 11) is 0. The van der Waals surface area contributed by atoms with Gasteiger partial charge in [-0.1, -0.05) is 22.0 Å². The predicted molar refractivity (Wildman–Crippen MR) is 121 cm³/mol. The van der Waals surface area contributed by atoms with Gasteiger partial charge in [-0.2, -0.15) is 5.10 Å². The molecule has 1 saturated heterocycles. The van der Waals surface area contributed by atoms with Gasteiger partial charge in [0.15, 0.2) is 0 Å². The smallest absolute Gasteiger partial charge is 0.407 e. The lowest BCUT2D eigenvalue weighted by atomic mass is 9.91. The molecule has 2 aromatic rings. The summed E-state index contributed by atoms with van der Waals surface area (Å²) < 4.78 is 22.3. The fourth-order valence-corrected chi connectivity index (χ4v) is 4.61. The van der Waals surface area contributed by atoms with Crippen LogP contribution in [0, 0.1) is 11.7 Å². The van der Waals surface area contributed by atoms with Gasteiger partial charge in [-0.25, -0.2) is 9.18 Å². The van der Waals surface area contributed by atoms with Gasteiger partial charge in [0.05, 0.1) is 23.5 Å². The molecule has 2 aliphatic heterocycles. The second-order valence-corrected chi connectivity index (χ2v) is 10.4. The molecule has 4 rings (SSSR count). The Bertz CT molecular complexity index is 1030. The summed E-state index contributed by atoms with van der Waals surface area (Å²) >= 11 is 3.28. The standard InChI is InChI=1S/C23H28BrFN4O3/c1-23(2,3)32-22(31)26-12-14-6-9-29-20(10-14)17(13-27-29)21(30)28-8-7-19(28)16-5-4-15(24)11-18(16)25/h4-5,11,13-14,19H,6-10,12H2,1-3H3,(H,26,31). The quantitative estimate of drug-likeness (QED) is 0.663. The number of nitrogens with zero attached hydrogens (tertiary/aromatic N) is 3. The number of benzene rings is 1. The van der Waals surface area contributed by atoms with Crippen LogP contribution in [0.5, 0.6) is 0 Å². The Hall–Kier alpha value is -2.42. The number of halogens is 2. The molecule has 0 radical (unpaired) electrons. The van der Waals surface area contributed by atoms with Crippen molar-refractivity contribution in [2.75, 3.05) is 13.1 Å². The maximum Gasteiger partial charge on any atom is 0.407 e. The van der Waals surface area contributed by atoms with E-state index in [0.717, 1.165) is 18.5 Å². The van der Waals surface area contributed by atoms with Gasteiger partial charge in [0.2, 0.25) is 0 Å². The molecule has 0 aliphatic carbocycles. The molecule has 1 N–H and O–H groups in total. The van der Waals surface area contributed by atoms with E-state index in [1.54, 1.807) is 23.2 Å². The maximum absolute atomic E-state index is 14.4. The van der Waals surface area contributed by atoms with Gasteiger partial charge in [0, 0.05) is 29.7 Å². The number of alkyl carbamates (subject to hydrolysis) is 1. The molecule has 1 aromatic heterocycles. The molecular formula is C23H28BrFN4O3. The molecule has 32 heavy (non-hydrogen) atoms. The van der Waals surface area contributed by atoms with E-state index in [2.05, 4.69) is 26.3 Å². The Morgan fingerprint density at radius 1 is 1.28 bits per heavy atom. The van der Waals surface area contributed by atoms with Gasteiger partial charge in [0.25, 0.3) is 5.91 Å². The molecular weight excluding hydrogens is 479 g/mol. The first-order valence-corrected chi connectivity index (χ1v) is 11.7. The average Bonchev–Trinajstić information content (AvgIpc) is 3.09. The SMILES string of the molecule is CC(C)(C)OC(=O)NCC1CCn2ncc(C(=O)N3CCC3c3ccc(Br)cc3F)c2C1. The van der Waals surface area contributed by atoms with Crippen molar-refractivity contribution in [1.29, 1.82) is 0 Å². The number of ether oxygens (including phenoxy) is 1. The van der Waals surface area contributed by atoms with Gasteiger partial charge in [-0.05, 0) is 58.1 Å². The number of carbonyl (C=O) groups is 2. The van der Waals surface area contributed by atoms with Crippen molar-refractivity contribution in [3.8, 4) is 0 Å². The molecule has 2 unspecified atom stereocenters. The second-order valence-electron chi connectivity index (χ2n) is 9.44. The summed E-state index contributed by atoms with van der Waals surface area (Å²) in [6, 6.07) is 4.69. The Balaban J connectivity index is 1.43. The summed E-state index contributed by atoms with van der Waals surface area (Å²) in [6.07, 6.45) is 3.41. The van der Waals surface area contributed by atoms with Crippen molar-refractivity contribution in [3.63, 3.8) is 0 Å². The van der Waals surface area contributed by atoms with Crippen LogP contribution < -0.4 is 5.32 Å². The zero-order valence-corrected chi connectivity index (χ0v) is 20.1. The van der Waals surface area contributed by atoms with E-state index in [9.17, 15) is 14.0 Å². The van der Waals surface area contributed by atoms with Gasteiger partial charge in [-0.3, -0.25) is 9.48 Å². The number of aryl methyl sites for hydroxylation is 1. The highest BCUT2D eigenvalue weighted by Crippen LogP contribution is 2.37. The van der Waals surface area contributed by atoms with Crippen molar-refractivity contribution in [2.45, 2.75) is 58.2 Å². The average molecular weight is 507 g/mol. The van der Waals surface area contributed by atoms with Crippen LogP contribution in [-0.2, 0) is 17.7 Å². The minimum atomic E-state index is -0.545. The Labute approximate surface area is 195 Å². The number of fused-ring (bicyclic) bond motifs is 1. The molecule has 1 fully saturated rings. The normalized spacial score (nSPS) is 20.3. The zero-order valence-electron chi connectivity index (χ0n) is 18.5. The van der Waals surface area contributed by atoms with Crippen LogP contribution in [0.2, 0.25) is 0 Å². The summed E-state index contributed by atoms with van der Waals surface area (Å²) in [5, 5.41) is 7.23. The minimum absolute atomic E-state index is 0.120. The Morgan fingerprint density at radius 3 is 2.72 bits per heavy atom. The highest BCUT2D eigenvalue weighted by atomic mass is 79.9. The lowest BCUT2D eigenvalue weighted by molar-refractivity contribution is 0.0448. The number of likely N-dealkylation sites (tertiary alicyclic amines) is 1. The summed E-state index contributed by atoms with van der Waals surface area (Å²) in [5.41, 5.74) is 1.43. The van der Waals surface area contributed by atoms with Crippen molar-refractivity contribution in [2.24, 2.45) is 5.92 Å². The molecule has 2 aliphatic rings. The Morgan fingerprint density at radius 2 is 2.06 bits per heavy atom. The van der Waals surface area contributed by atoms with E-state index in [-0.39, 0.29) is 23.7 Å². The van der Waals surface area contributed by atoms with E-state index in [4.69, 9.17) is 4.74 Å². The summed E-state index contributed by atoms with van der Waals surface area (Å²) in [4.78, 5) is 27.0. The second kappa shape index (κ2) is 8.84. The molecule has 172 valence electrons. The highest BCUT2D eigenvalue weighted by Gasteiger charge is 2.38. The lowest BCUT2D eigenvalue weighted by Crippen LogP contribution is -2.46. The van der Waals surface area contributed by atoms with E-state index in [1.165, 1.54) is 6.07 Å². The third-order valence-corrected chi connectivity index (χ3v) is 6.44. The van der Waals surface area contributed by atoms with E-state index < -0.39 is 11.7 Å². The molecule has 2 amide bonds. The molecule has 0 saturated carbocycles. The van der Waals surface area contributed by atoms with E-state index in [1.807, 2.05) is 25.5 Å². The summed E-state index contributed by atoms with van der Waals surface area (Å²) in [5.74, 6) is -0.243. The monoisotopic (exact) mass is 506 g/mol. The molecule has 1 aromatic carbocycles. The molecule has 2 atom stereocenters. The first-order chi connectivity index (χ1) is 15.1.